The fraction of sp³-hybridized carbons (Fsp3) is 0.333. The van der Waals surface area contributed by atoms with Gasteiger partial charge in [-0.05, 0) is 32.4 Å². The van der Waals surface area contributed by atoms with Crippen LogP contribution in [0.15, 0.2) is 35.2 Å². The molecule has 0 bridgehead atoms. The first-order valence-corrected chi connectivity index (χ1v) is 10.2. The van der Waals surface area contributed by atoms with E-state index in [9.17, 15) is 4.79 Å². The van der Waals surface area contributed by atoms with Crippen LogP contribution in [0.1, 0.15) is 26.3 Å². The SMILES string of the molecule is COc1nn(C)cc1NC1N=CC(C)=C(c2c[nH]c3c(NC(=O)NC(C)C)nccc23)N1. The molecule has 0 aromatic carbocycles. The largest absolute Gasteiger partial charge is 0.478 e. The number of hydrogen-bond donors (Lipinski definition) is 5. The number of anilines is 2. The minimum absolute atomic E-state index is 0.0230. The second kappa shape index (κ2) is 8.61. The molecule has 1 aliphatic rings. The van der Waals surface area contributed by atoms with Gasteiger partial charge in [0.15, 0.2) is 12.1 Å². The Labute approximate surface area is 185 Å². The van der Waals surface area contributed by atoms with Gasteiger partial charge in [0.25, 0.3) is 5.88 Å². The van der Waals surface area contributed by atoms with Gasteiger partial charge in [-0.1, -0.05) is 0 Å². The van der Waals surface area contributed by atoms with Crippen LogP contribution in [0.2, 0.25) is 0 Å². The molecule has 0 radical (unpaired) electrons. The topological polar surface area (TPSA) is 133 Å². The maximum absolute atomic E-state index is 12.2. The van der Waals surface area contributed by atoms with Gasteiger partial charge >= 0.3 is 6.03 Å². The van der Waals surface area contributed by atoms with E-state index in [1.165, 1.54) is 0 Å². The average Bonchev–Trinajstić information content (AvgIpc) is 3.32. The fourth-order valence-corrected chi connectivity index (χ4v) is 3.53. The Morgan fingerprint density at radius 1 is 1.34 bits per heavy atom. The minimum Gasteiger partial charge on any atom is -0.478 e. The van der Waals surface area contributed by atoms with Crippen LogP contribution in [-0.4, -0.2) is 51.4 Å². The summed E-state index contributed by atoms with van der Waals surface area (Å²) in [5.41, 5.74) is 4.31. The number of urea groups is 1. The van der Waals surface area contributed by atoms with Crippen LogP contribution in [0.4, 0.5) is 16.3 Å². The molecule has 4 rings (SSSR count). The molecule has 168 valence electrons. The number of aromatic nitrogens is 4. The van der Waals surface area contributed by atoms with Gasteiger partial charge in [-0.2, -0.15) is 0 Å². The molecule has 11 heteroatoms. The van der Waals surface area contributed by atoms with E-state index >= 15 is 0 Å². The molecule has 1 atom stereocenters. The highest BCUT2D eigenvalue weighted by Crippen LogP contribution is 2.30. The van der Waals surface area contributed by atoms with Crippen molar-refractivity contribution >= 4 is 40.4 Å². The molecule has 1 unspecified atom stereocenters. The molecule has 0 spiro atoms. The lowest BCUT2D eigenvalue weighted by molar-refractivity contribution is 0.250. The first-order valence-electron chi connectivity index (χ1n) is 10.2. The van der Waals surface area contributed by atoms with Gasteiger partial charge in [0, 0.05) is 42.6 Å². The number of rotatable bonds is 6. The molecule has 1 aliphatic heterocycles. The van der Waals surface area contributed by atoms with Gasteiger partial charge in [-0.3, -0.25) is 10.00 Å². The number of allylic oxidation sites excluding steroid dienone is 1. The monoisotopic (exact) mass is 437 g/mol. The molecule has 0 saturated heterocycles. The number of hydrogen-bond acceptors (Lipinski definition) is 7. The highest BCUT2D eigenvalue weighted by atomic mass is 16.5. The van der Waals surface area contributed by atoms with Crippen LogP contribution < -0.4 is 26.0 Å². The van der Waals surface area contributed by atoms with Gasteiger partial charge in [0.1, 0.15) is 5.69 Å². The highest BCUT2D eigenvalue weighted by molar-refractivity contribution is 6.04. The zero-order valence-corrected chi connectivity index (χ0v) is 18.6. The maximum Gasteiger partial charge on any atom is 0.320 e. The second-order valence-corrected chi connectivity index (χ2v) is 7.79. The Morgan fingerprint density at radius 3 is 2.91 bits per heavy atom. The number of aromatic amines is 1. The van der Waals surface area contributed by atoms with Crippen LogP contribution in [0.25, 0.3) is 16.6 Å². The van der Waals surface area contributed by atoms with E-state index in [0.29, 0.717) is 11.7 Å². The molecule has 5 N–H and O–H groups in total. The Hall–Kier alpha value is -4.02. The van der Waals surface area contributed by atoms with Gasteiger partial charge in [-0.15, -0.1) is 5.10 Å². The van der Waals surface area contributed by atoms with E-state index in [2.05, 4.69) is 41.3 Å². The molecule has 0 aliphatic carbocycles. The summed E-state index contributed by atoms with van der Waals surface area (Å²) >= 11 is 0. The molecular weight excluding hydrogens is 410 g/mol. The quantitative estimate of drug-likeness (QED) is 0.403. The van der Waals surface area contributed by atoms with Crippen LogP contribution >= 0.6 is 0 Å². The summed E-state index contributed by atoms with van der Waals surface area (Å²) < 4.78 is 6.99. The van der Waals surface area contributed by atoms with Crippen molar-refractivity contribution in [3.8, 4) is 5.88 Å². The van der Waals surface area contributed by atoms with Crippen molar-refractivity contribution in [1.82, 2.24) is 30.4 Å². The lowest BCUT2D eigenvalue weighted by Crippen LogP contribution is -2.36. The van der Waals surface area contributed by atoms with Gasteiger partial charge in [0.2, 0.25) is 0 Å². The van der Waals surface area contributed by atoms with E-state index in [1.54, 1.807) is 18.0 Å². The van der Waals surface area contributed by atoms with Crippen molar-refractivity contribution in [2.45, 2.75) is 33.1 Å². The smallest absolute Gasteiger partial charge is 0.320 e. The molecule has 3 aromatic heterocycles. The van der Waals surface area contributed by atoms with Crippen LogP contribution in [0.5, 0.6) is 5.88 Å². The van der Waals surface area contributed by atoms with Crippen molar-refractivity contribution in [3.63, 3.8) is 0 Å². The number of ether oxygens (including phenoxy) is 1. The van der Waals surface area contributed by atoms with E-state index in [-0.39, 0.29) is 12.1 Å². The summed E-state index contributed by atoms with van der Waals surface area (Å²) in [6.45, 7) is 5.79. The number of carbonyl (C=O) groups excluding carboxylic acids is 1. The number of methoxy groups -OCH3 is 1. The van der Waals surface area contributed by atoms with Crippen LogP contribution in [-0.2, 0) is 7.05 Å². The Kier molecular flexibility index (Phi) is 5.71. The van der Waals surface area contributed by atoms with Crippen LogP contribution in [0.3, 0.4) is 0 Å². The lowest BCUT2D eigenvalue weighted by Gasteiger charge is -2.24. The minimum atomic E-state index is -0.409. The molecule has 32 heavy (non-hydrogen) atoms. The first-order chi connectivity index (χ1) is 15.4. The Balaban J connectivity index is 1.60. The lowest BCUT2D eigenvalue weighted by atomic mass is 10.1. The highest BCUT2D eigenvalue weighted by Gasteiger charge is 2.21. The normalized spacial score (nSPS) is 15.8. The Morgan fingerprint density at radius 2 is 2.16 bits per heavy atom. The molecule has 3 aromatic rings. The zero-order valence-electron chi connectivity index (χ0n) is 18.6. The van der Waals surface area contributed by atoms with Crippen molar-refractivity contribution in [1.29, 1.82) is 0 Å². The average molecular weight is 438 g/mol. The second-order valence-electron chi connectivity index (χ2n) is 7.79. The third kappa shape index (κ3) is 4.22. The number of nitrogens with zero attached hydrogens (tertiary/aromatic N) is 4. The Bertz CT molecular complexity index is 1210. The molecule has 2 amide bonds. The number of pyridine rings is 1. The zero-order chi connectivity index (χ0) is 22.8. The number of carbonyl (C=O) groups is 1. The number of aliphatic imine (C=N–C) groups is 1. The number of fused-ring (bicyclic) bond motifs is 1. The molecule has 11 nitrogen and oxygen atoms in total. The molecule has 0 saturated carbocycles. The van der Waals surface area contributed by atoms with E-state index in [1.807, 2.05) is 52.5 Å². The van der Waals surface area contributed by atoms with Crippen molar-refractivity contribution in [2.75, 3.05) is 17.7 Å². The summed E-state index contributed by atoms with van der Waals surface area (Å²) in [7, 11) is 3.40. The van der Waals surface area contributed by atoms with Crippen molar-refractivity contribution < 1.29 is 9.53 Å². The number of aryl methyl sites for hydroxylation is 1. The van der Waals surface area contributed by atoms with Gasteiger partial charge in [-0.25, -0.2) is 14.8 Å². The summed E-state index contributed by atoms with van der Waals surface area (Å²) in [5, 5.41) is 17.5. The fourth-order valence-electron chi connectivity index (χ4n) is 3.53. The van der Waals surface area contributed by atoms with E-state index in [4.69, 9.17) is 4.74 Å². The van der Waals surface area contributed by atoms with Gasteiger partial charge in [0.05, 0.1) is 24.5 Å². The maximum atomic E-state index is 12.2. The molecule has 0 fully saturated rings. The van der Waals surface area contributed by atoms with Crippen molar-refractivity contribution in [3.05, 3.63) is 35.8 Å². The summed E-state index contributed by atoms with van der Waals surface area (Å²) in [4.78, 5) is 24.3. The molecule has 4 heterocycles. The van der Waals surface area contributed by atoms with Crippen LogP contribution in [0, 0.1) is 0 Å². The van der Waals surface area contributed by atoms with E-state index in [0.717, 1.165) is 33.4 Å². The third-order valence-corrected chi connectivity index (χ3v) is 4.90. The predicted molar refractivity (Wildman–Crippen MR) is 125 cm³/mol. The summed E-state index contributed by atoms with van der Waals surface area (Å²) in [5.74, 6) is 0.954. The number of nitrogens with one attached hydrogen (secondary N) is 5. The summed E-state index contributed by atoms with van der Waals surface area (Å²) in [6.07, 6.45) is 6.81. The van der Waals surface area contributed by atoms with E-state index < -0.39 is 6.29 Å². The number of amides is 2. The standard InChI is InChI=1S/C21H27N9O2/c1-11(2)25-21(31)28-18-17-13(6-7-22-18)14(9-23-17)16-12(3)8-24-20(27-16)26-15-10-30(4)29-19(15)32-5/h6-11,20,23,26-27H,1-5H3,(H2,22,25,28,31). The predicted octanol–water partition coefficient (Wildman–Crippen LogP) is 2.64. The number of H-pyrrole nitrogens is 1. The first kappa shape index (κ1) is 21.2. The third-order valence-electron chi connectivity index (χ3n) is 4.90. The summed E-state index contributed by atoms with van der Waals surface area (Å²) in [6, 6.07) is 1.63. The molecular formula is C21H27N9O2. The van der Waals surface area contributed by atoms with Crippen molar-refractivity contribution in [2.24, 2.45) is 12.0 Å². The van der Waals surface area contributed by atoms with Gasteiger partial charge < -0.3 is 25.7 Å².